The zero-order valence-corrected chi connectivity index (χ0v) is 18.9. The molecule has 0 spiro atoms. The number of aromatic nitrogens is 1. The van der Waals surface area contributed by atoms with Crippen molar-refractivity contribution in [3.63, 3.8) is 0 Å². The van der Waals surface area contributed by atoms with Crippen LogP contribution in [0.4, 0.5) is 10.5 Å². The molecular weight excluding hydrogens is 410 g/mol. The summed E-state index contributed by atoms with van der Waals surface area (Å²) in [5.41, 5.74) is 1.35. The minimum absolute atomic E-state index is 0.345. The minimum Gasteiger partial charge on any atom is -0.493 e. The summed E-state index contributed by atoms with van der Waals surface area (Å²) < 4.78 is 22.0. The van der Waals surface area contributed by atoms with Gasteiger partial charge in [0.2, 0.25) is 0 Å². The molecule has 0 bridgehead atoms. The highest BCUT2D eigenvalue weighted by molar-refractivity contribution is 5.88. The number of carbonyl (C=O) groups is 1. The van der Waals surface area contributed by atoms with Crippen molar-refractivity contribution in [1.29, 1.82) is 0 Å². The quantitative estimate of drug-likeness (QED) is 0.479. The maximum Gasteiger partial charge on any atom is 0.411 e. The van der Waals surface area contributed by atoms with Gasteiger partial charge in [-0.25, -0.2) is 4.79 Å². The molecule has 0 aliphatic heterocycles. The predicted molar refractivity (Wildman–Crippen MR) is 124 cm³/mol. The Kier molecular flexibility index (Phi) is 8.10. The molecule has 0 radical (unpaired) electrons. The van der Waals surface area contributed by atoms with Crippen LogP contribution < -0.4 is 19.5 Å². The third-order valence-corrected chi connectivity index (χ3v) is 5.07. The lowest BCUT2D eigenvalue weighted by Gasteiger charge is -2.17. The van der Waals surface area contributed by atoms with Crippen molar-refractivity contribution in [2.45, 2.75) is 13.8 Å². The first-order chi connectivity index (χ1) is 15.6. The zero-order valence-electron chi connectivity index (χ0n) is 18.9. The number of amides is 1. The number of ether oxygens (including phenoxy) is 4. The van der Waals surface area contributed by atoms with Crippen molar-refractivity contribution < 1.29 is 23.7 Å². The number of carbonyl (C=O) groups excluding carboxylic acids is 1. The van der Waals surface area contributed by atoms with Crippen LogP contribution in [0.15, 0.2) is 48.7 Å². The van der Waals surface area contributed by atoms with Crippen LogP contribution in [0.2, 0.25) is 0 Å². The van der Waals surface area contributed by atoms with Crippen LogP contribution in [-0.2, 0) is 4.74 Å². The molecule has 2 aromatic carbocycles. The first-order valence-corrected chi connectivity index (χ1v) is 10.5. The number of nitrogens with zero attached hydrogens (tertiary/aromatic N) is 2. The summed E-state index contributed by atoms with van der Waals surface area (Å²) in [6.07, 6.45) is 1.19. The monoisotopic (exact) mass is 439 g/mol. The number of rotatable bonds is 10. The third-order valence-electron chi connectivity index (χ3n) is 5.07. The molecule has 0 saturated heterocycles. The van der Waals surface area contributed by atoms with Crippen LogP contribution >= 0.6 is 0 Å². The van der Waals surface area contributed by atoms with Crippen molar-refractivity contribution >= 4 is 22.7 Å². The lowest BCUT2D eigenvalue weighted by Crippen LogP contribution is -2.28. The van der Waals surface area contributed by atoms with Gasteiger partial charge in [-0.05, 0) is 49.5 Å². The van der Waals surface area contributed by atoms with Crippen LogP contribution in [0.1, 0.15) is 13.8 Å². The first kappa shape index (κ1) is 23.1. The van der Waals surface area contributed by atoms with E-state index in [1.54, 1.807) is 56.8 Å². The molecule has 8 nitrogen and oxygen atoms in total. The van der Waals surface area contributed by atoms with Crippen LogP contribution in [0.5, 0.6) is 23.0 Å². The molecule has 1 heterocycles. The molecule has 0 saturated carbocycles. The van der Waals surface area contributed by atoms with Gasteiger partial charge in [-0.1, -0.05) is 13.8 Å². The SMILES string of the molecule is CCN(CC)CCOC(=O)Nc1ccc(Oc2ccnc3cc(OC)c(OC)cc23)cc1. The van der Waals surface area contributed by atoms with Gasteiger partial charge >= 0.3 is 6.09 Å². The fourth-order valence-corrected chi connectivity index (χ4v) is 3.23. The van der Waals surface area contributed by atoms with E-state index in [9.17, 15) is 4.79 Å². The number of pyridine rings is 1. The number of hydrogen-bond donors (Lipinski definition) is 1. The third kappa shape index (κ3) is 5.79. The van der Waals surface area contributed by atoms with Gasteiger partial charge in [0.15, 0.2) is 11.5 Å². The molecule has 32 heavy (non-hydrogen) atoms. The molecule has 3 rings (SSSR count). The van der Waals surface area contributed by atoms with E-state index >= 15 is 0 Å². The number of hydrogen-bond acceptors (Lipinski definition) is 7. The number of fused-ring (bicyclic) bond motifs is 1. The van der Waals surface area contributed by atoms with Crippen LogP contribution in [0.25, 0.3) is 10.9 Å². The first-order valence-electron chi connectivity index (χ1n) is 10.5. The summed E-state index contributed by atoms with van der Waals surface area (Å²) >= 11 is 0. The second kappa shape index (κ2) is 11.2. The Morgan fingerprint density at radius 3 is 2.31 bits per heavy atom. The van der Waals surface area contributed by atoms with E-state index in [1.165, 1.54) is 0 Å². The van der Waals surface area contributed by atoms with Gasteiger partial charge in [-0.15, -0.1) is 0 Å². The molecule has 1 N–H and O–H groups in total. The molecule has 0 aliphatic carbocycles. The minimum atomic E-state index is -0.480. The molecular formula is C24H29N3O5. The van der Waals surface area contributed by atoms with Crippen molar-refractivity contribution in [1.82, 2.24) is 9.88 Å². The molecule has 8 heteroatoms. The van der Waals surface area contributed by atoms with Gasteiger partial charge in [0, 0.05) is 29.9 Å². The van der Waals surface area contributed by atoms with E-state index in [0.29, 0.717) is 41.8 Å². The topological polar surface area (TPSA) is 82.2 Å². The lowest BCUT2D eigenvalue weighted by molar-refractivity contribution is 0.142. The molecule has 0 fully saturated rings. The molecule has 170 valence electrons. The Morgan fingerprint density at radius 2 is 1.66 bits per heavy atom. The van der Waals surface area contributed by atoms with Crippen LogP contribution in [0.3, 0.4) is 0 Å². The van der Waals surface area contributed by atoms with Gasteiger partial charge in [0.25, 0.3) is 0 Å². The van der Waals surface area contributed by atoms with Gasteiger partial charge < -0.3 is 23.8 Å². The average molecular weight is 440 g/mol. The fourth-order valence-electron chi connectivity index (χ4n) is 3.23. The van der Waals surface area contributed by atoms with Gasteiger partial charge in [-0.3, -0.25) is 10.3 Å². The number of methoxy groups -OCH3 is 2. The smallest absolute Gasteiger partial charge is 0.411 e. The van der Waals surface area contributed by atoms with E-state index in [2.05, 4.69) is 29.0 Å². The Morgan fingerprint density at radius 1 is 0.969 bits per heavy atom. The summed E-state index contributed by atoms with van der Waals surface area (Å²) in [5, 5.41) is 3.52. The summed E-state index contributed by atoms with van der Waals surface area (Å²) in [6, 6.07) is 12.5. The molecule has 0 unspecified atom stereocenters. The maximum absolute atomic E-state index is 12.0. The number of nitrogens with one attached hydrogen (secondary N) is 1. The summed E-state index contributed by atoms with van der Waals surface area (Å²) in [4.78, 5) is 18.6. The Hall–Kier alpha value is -3.52. The lowest BCUT2D eigenvalue weighted by atomic mass is 10.2. The molecule has 1 aromatic heterocycles. The van der Waals surface area contributed by atoms with Crippen molar-refractivity contribution in [2.24, 2.45) is 0 Å². The van der Waals surface area contributed by atoms with E-state index in [0.717, 1.165) is 24.0 Å². The van der Waals surface area contributed by atoms with Crippen molar-refractivity contribution in [2.75, 3.05) is 45.8 Å². The normalized spacial score (nSPS) is 10.8. The Bertz CT molecular complexity index is 1040. The second-order valence-corrected chi connectivity index (χ2v) is 6.95. The number of likely N-dealkylation sites (N-methyl/N-ethyl adjacent to an activating group) is 1. The van der Waals surface area contributed by atoms with E-state index in [-0.39, 0.29) is 0 Å². The predicted octanol–water partition coefficient (Wildman–Crippen LogP) is 4.93. The number of benzene rings is 2. The Balaban J connectivity index is 1.64. The highest BCUT2D eigenvalue weighted by Crippen LogP contribution is 2.36. The van der Waals surface area contributed by atoms with Crippen LogP contribution in [-0.4, -0.2) is 56.4 Å². The summed E-state index contributed by atoms with van der Waals surface area (Å²) in [7, 11) is 3.17. The fraction of sp³-hybridized carbons (Fsp3) is 0.333. The van der Waals surface area contributed by atoms with Gasteiger partial charge in [0.1, 0.15) is 18.1 Å². The number of anilines is 1. The highest BCUT2D eigenvalue weighted by Gasteiger charge is 2.12. The molecule has 3 aromatic rings. The van der Waals surface area contributed by atoms with Crippen LogP contribution in [0, 0.1) is 0 Å². The largest absolute Gasteiger partial charge is 0.493 e. The van der Waals surface area contributed by atoms with Gasteiger partial charge in [0.05, 0.1) is 19.7 Å². The Labute approximate surface area is 188 Å². The van der Waals surface area contributed by atoms with Crippen molar-refractivity contribution in [3.8, 4) is 23.0 Å². The van der Waals surface area contributed by atoms with E-state index in [4.69, 9.17) is 18.9 Å². The molecule has 0 aliphatic rings. The van der Waals surface area contributed by atoms with E-state index < -0.39 is 6.09 Å². The van der Waals surface area contributed by atoms with Crippen molar-refractivity contribution in [3.05, 3.63) is 48.7 Å². The average Bonchev–Trinajstić information content (AvgIpc) is 2.82. The summed E-state index contributed by atoms with van der Waals surface area (Å²) in [5.74, 6) is 2.45. The standard InChI is InChI=1S/C24H29N3O5/c1-5-27(6-2)13-14-31-24(28)26-17-7-9-18(10-8-17)32-21-11-12-25-20-16-23(30-4)22(29-3)15-19(20)21/h7-12,15-16H,5-6,13-14H2,1-4H3,(H,26,28). The zero-order chi connectivity index (χ0) is 22.9. The molecule has 0 atom stereocenters. The van der Waals surface area contributed by atoms with Gasteiger partial charge in [-0.2, -0.15) is 0 Å². The second-order valence-electron chi connectivity index (χ2n) is 6.95. The van der Waals surface area contributed by atoms with E-state index in [1.807, 2.05) is 6.07 Å². The highest BCUT2D eigenvalue weighted by atomic mass is 16.5. The molecule has 1 amide bonds. The maximum atomic E-state index is 12.0. The summed E-state index contributed by atoms with van der Waals surface area (Å²) in [6.45, 7) is 7.07.